The van der Waals surface area contributed by atoms with E-state index in [1.165, 1.54) is 12.1 Å². The Morgan fingerprint density at radius 2 is 1.72 bits per heavy atom. The molecule has 9 heteroatoms. The molecule has 0 radical (unpaired) electrons. The van der Waals surface area contributed by atoms with E-state index in [-0.39, 0.29) is 5.82 Å². The van der Waals surface area contributed by atoms with Crippen LogP contribution in [-0.4, -0.2) is 41.5 Å². The second kappa shape index (κ2) is 8.86. The molecule has 0 spiro atoms. The number of rotatable bonds is 6. The van der Waals surface area contributed by atoms with Gasteiger partial charge in [-0.3, -0.25) is 15.1 Å². The van der Waals surface area contributed by atoms with E-state index in [9.17, 15) is 9.50 Å². The van der Waals surface area contributed by atoms with Crippen LogP contribution in [0.1, 0.15) is 13.3 Å². The largest absolute Gasteiger partial charge is 0.374 e. The monoisotopic (exact) mass is 479 g/mol. The molecule has 0 aliphatic carbocycles. The summed E-state index contributed by atoms with van der Waals surface area (Å²) in [6.07, 6.45) is 6.87. The Hall–Kier alpha value is -4.63. The van der Waals surface area contributed by atoms with Crippen molar-refractivity contribution in [3.8, 4) is 33.8 Å². The van der Waals surface area contributed by atoms with E-state index < -0.39 is 6.23 Å². The highest BCUT2D eigenvalue weighted by molar-refractivity contribution is 5.98. The number of nitrogens with zero attached hydrogens (tertiary/aromatic N) is 4. The molecule has 0 saturated heterocycles. The zero-order valence-corrected chi connectivity index (χ0v) is 19.3. The van der Waals surface area contributed by atoms with Gasteiger partial charge >= 0.3 is 0 Å². The normalized spacial score (nSPS) is 12.3. The van der Waals surface area contributed by atoms with Gasteiger partial charge in [-0.1, -0.05) is 25.1 Å². The minimum atomic E-state index is -0.632. The van der Waals surface area contributed by atoms with Crippen molar-refractivity contribution < 1.29 is 9.50 Å². The Bertz CT molecular complexity index is 1690. The summed E-state index contributed by atoms with van der Waals surface area (Å²) in [6, 6.07) is 14.2. The van der Waals surface area contributed by atoms with Crippen LogP contribution in [0.5, 0.6) is 0 Å². The first kappa shape index (κ1) is 21.9. The Labute approximate surface area is 205 Å². The second-order valence-corrected chi connectivity index (χ2v) is 8.54. The van der Waals surface area contributed by atoms with Crippen LogP contribution >= 0.6 is 0 Å². The summed E-state index contributed by atoms with van der Waals surface area (Å²) in [5, 5.41) is 21.5. The third-order valence-corrected chi connectivity index (χ3v) is 6.13. The Morgan fingerprint density at radius 3 is 2.56 bits per heavy atom. The Morgan fingerprint density at radius 1 is 0.917 bits per heavy atom. The zero-order chi connectivity index (χ0) is 24.6. The van der Waals surface area contributed by atoms with Crippen LogP contribution < -0.4 is 5.32 Å². The number of H-pyrrole nitrogens is 2. The number of fused-ring (bicyclic) bond motifs is 2. The third kappa shape index (κ3) is 3.95. The zero-order valence-electron chi connectivity index (χ0n) is 19.3. The van der Waals surface area contributed by atoms with Crippen LogP contribution in [0.3, 0.4) is 0 Å². The van der Waals surface area contributed by atoms with Gasteiger partial charge in [-0.05, 0) is 47.9 Å². The number of aliphatic hydroxyl groups excluding tert-OH is 1. The second-order valence-electron chi connectivity index (χ2n) is 8.54. The van der Waals surface area contributed by atoms with Crippen molar-refractivity contribution in [3.05, 3.63) is 79.1 Å². The summed E-state index contributed by atoms with van der Waals surface area (Å²) in [6.45, 7) is 1.90. The van der Waals surface area contributed by atoms with Crippen molar-refractivity contribution >= 4 is 27.6 Å². The van der Waals surface area contributed by atoms with Crippen LogP contribution in [0.25, 0.3) is 55.7 Å². The highest BCUT2D eigenvalue weighted by atomic mass is 19.1. The number of aromatic nitrogens is 6. The molecule has 0 amide bonds. The van der Waals surface area contributed by atoms with Crippen LogP contribution in [0, 0.1) is 5.82 Å². The number of nitrogens with one attached hydrogen (secondary N) is 3. The van der Waals surface area contributed by atoms with Gasteiger partial charge < -0.3 is 15.4 Å². The third-order valence-electron chi connectivity index (χ3n) is 6.13. The molecule has 0 bridgehead atoms. The molecule has 0 aliphatic rings. The van der Waals surface area contributed by atoms with E-state index in [0.29, 0.717) is 17.9 Å². The van der Waals surface area contributed by atoms with Gasteiger partial charge in [0, 0.05) is 28.9 Å². The predicted molar refractivity (Wildman–Crippen MR) is 138 cm³/mol. The Kier molecular flexibility index (Phi) is 5.38. The van der Waals surface area contributed by atoms with E-state index in [1.807, 2.05) is 31.2 Å². The van der Waals surface area contributed by atoms with E-state index >= 15 is 0 Å². The minimum Gasteiger partial charge on any atom is -0.374 e. The minimum absolute atomic E-state index is 0.293. The predicted octanol–water partition coefficient (Wildman–Crippen LogP) is 5.51. The molecule has 6 aromatic rings. The van der Waals surface area contributed by atoms with E-state index in [2.05, 4.69) is 30.5 Å². The summed E-state index contributed by atoms with van der Waals surface area (Å²) < 4.78 is 13.4. The summed E-state index contributed by atoms with van der Waals surface area (Å²) in [4.78, 5) is 16.8. The summed E-state index contributed by atoms with van der Waals surface area (Å²) in [5.74, 6) is 0.308. The first-order valence-corrected chi connectivity index (χ1v) is 11.6. The number of imidazole rings is 1. The lowest BCUT2D eigenvalue weighted by Gasteiger charge is -2.12. The molecule has 4 heterocycles. The smallest absolute Gasteiger partial charge is 0.159 e. The van der Waals surface area contributed by atoms with Gasteiger partial charge in [0.15, 0.2) is 5.82 Å². The standard InChI is InChI=1S/C27H22FN7O/c1-2-24(36)31-19-9-17(11-29-12-19)16-5-8-22-20(10-16)26(35-34-22)27-32-23-14-30-13-21(25(23)33-27)15-3-6-18(28)7-4-15/h3-14,24,31,36H,2H2,1H3,(H,32,33)(H,34,35). The molecular weight excluding hydrogens is 457 g/mol. The summed E-state index contributed by atoms with van der Waals surface area (Å²) in [5.41, 5.74) is 7.28. The fourth-order valence-corrected chi connectivity index (χ4v) is 4.23. The maximum absolute atomic E-state index is 13.4. The van der Waals surface area contributed by atoms with E-state index in [1.54, 1.807) is 36.9 Å². The quantitative estimate of drug-likeness (QED) is 0.234. The highest BCUT2D eigenvalue weighted by Crippen LogP contribution is 2.33. The van der Waals surface area contributed by atoms with Crippen molar-refractivity contribution in [3.63, 3.8) is 0 Å². The molecule has 4 aromatic heterocycles. The van der Waals surface area contributed by atoms with Gasteiger partial charge in [0.05, 0.1) is 34.6 Å². The van der Waals surface area contributed by atoms with Crippen molar-refractivity contribution in [1.82, 2.24) is 30.1 Å². The number of benzene rings is 2. The molecule has 0 aliphatic heterocycles. The fraction of sp³-hybridized carbons (Fsp3) is 0.111. The molecule has 4 N–H and O–H groups in total. The molecule has 1 atom stereocenters. The summed E-state index contributed by atoms with van der Waals surface area (Å²) in [7, 11) is 0. The molecule has 2 aromatic carbocycles. The Balaban J connectivity index is 1.42. The number of halogens is 1. The van der Waals surface area contributed by atoms with Gasteiger partial charge in [0.1, 0.15) is 17.7 Å². The lowest BCUT2D eigenvalue weighted by Crippen LogP contribution is -2.16. The van der Waals surface area contributed by atoms with Crippen molar-refractivity contribution in [2.45, 2.75) is 19.6 Å². The average molecular weight is 480 g/mol. The molecule has 1 unspecified atom stereocenters. The van der Waals surface area contributed by atoms with E-state index in [4.69, 9.17) is 4.98 Å². The van der Waals surface area contributed by atoms with Crippen LogP contribution in [0.2, 0.25) is 0 Å². The molecule has 36 heavy (non-hydrogen) atoms. The number of anilines is 1. The topological polar surface area (TPSA) is 115 Å². The maximum Gasteiger partial charge on any atom is 0.159 e. The molecular formula is C27H22FN7O. The average Bonchev–Trinajstić information content (AvgIpc) is 3.53. The van der Waals surface area contributed by atoms with Gasteiger partial charge in [-0.2, -0.15) is 5.10 Å². The molecule has 8 nitrogen and oxygen atoms in total. The maximum atomic E-state index is 13.4. The highest BCUT2D eigenvalue weighted by Gasteiger charge is 2.16. The number of pyridine rings is 2. The SMILES string of the molecule is CCC(O)Nc1cncc(-c2ccc3[nH]nc(-c4nc5c(-c6ccc(F)cc6)cncc5[nH]4)c3c2)c1. The lowest BCUT2D eigenvalue weighted by atomic mass is 10.0. The number of hydrogen-bond acceptors (Lipinski definition) is 6. The molecule has 6 rings (SSSR count). The van der Waals surface area contributed by atoms with E-state index in [0.717, 1.165) is 49.9 Å². The van der Waals surface area contributed by atoms with Crippen molar-refractivity contribution in [2.24, 2.45) is 0 Å². The van der Waals surface area contributed by atoms with Crippen molar-refractivity contribution in [2.75, 3.05) is 5.32 Å². The van der Waals surface area contributed by atoms with Gasteiger partial charge in [0.2, 0.25) is 0 Å². The van der Waals surface area contributed by atoms with Crippen LogP contribution in [-0.2, 0) is 0 Å². The molecule has 0 fully saturated rings. The number of hydrogen-bond donors (Lipinski definition) is 4. The first-order chi connectivity index (χ1) is 17.6. The van der Waals surface area contributed by atoms with Gasteiger partial charge in [0.25, 0.3) is 0 Å². The van der Waals surface area contributed by atoms with Crippen molar-refractivity contribution in [1.29, 1.82) is 0 Å². The van der Waals surface area contributed by atoms with Gasteiger partial charge in [-0.15, -0.1) is 0 Å². The number of aromatic amines is 2. The summed E-state index contributed by atoms with van der Waals surface area (Å²) >= 11 is 0. The molecule has 178 valence electrons. The van der Waals surface area contributed by atoms with Crippen LogP contribution in [0.4, 0.5) is 10.1 Å². The molecule has 0 saturated carbocycles. The van der Waals surface area contributed by atoms with Gasteiger partial charge in [-0.25, -0.2) is 9.37 Å². The first-order valence-electron chi connectivity index (χ1n) is 11.6. The fourth-order valence-electron chi connectivity index (χ4n) is 4.23. The lowest BCUT2D eigenvalue weighted by molar-refractivity contribution is 0.199. The number of aliphatic hydroxyl groups is 1. The van der Waals surface area contributed by atoms with Crippen LogP contribution in [0.15, 0.2) is 73.3 Å².